The summed E-state index contributed by atoms with van der Waals surface area (Å²) in [5.74, 6) is -2.64. The van der Waals surface area contributed by atoms with Crippen LogP contribution in [-0.2, 0) is 29.3 Å². The third-order valence-electron chi connectivity index (χ3n) is 1.99. The minimum Gasteiger partial charge on any atom is -0.330 e. The average Bonchev–Trinajstić information content (AvgIpc) is 2.46. The number of nitrogens with zero attached hydrogens (tertiary/aromatic N) is 1. The quantitative estimate of drug-likeness (QED) is 0.274. The smallest absolute Gasteiger partial charge is 0.330 e. The van der Waals surface area contributed by atoms with Crippen molar-refractivity contribution >= 4 is 53.2 Å². The van der Waals surface area contributed by atoms with Gasteiger partial charge in [0.15, 0.2) is 3.41 Å². The number of rotatable bonds is 4. The summed E-state index contributed by atoms with van der Waals surface area (Å²) in [4.78, 5) is 37.9. The molecule has 1 rings (SSSR count). The first-order chi connectivity index (χ1) is 8.04. The summed E-state index contributed by atoms with van der Waals surface area (Å²) in [6.07, 6.45) is -1.12. The van der Waals surface area contributed by atoms with Crippen molar-refractivity contribution in [2.75, 3.05) is 0 Å². The summed E-state index contributed by atoms with van der Waals surface area (Å²) in [5, 5.41) is 0.254. The van der Waals surface area contributed by atoms with E-state index in [1.54, 1.807) is 0 Å². The molecule has 0 atom stereocenters. The van der Waals surface area contributed by atoms with E-state index in [0.717, 1.165) is 0 Å². The number of carbonyl (C=O) groups excluding carboxylic acids is 3. The van der Waals surface area contributed by atoms with E-state index in [-0.39, 0.29) is 17.9 Å². The highest BCUT2D eigenvalue weighted by molar-refractivity contribution is 8.18. The van der Waals surface area contributed by atoms with E-state index >= 15 is 0 Å². The number of thiol groups is 2. The molecule has 11 heteroatoms. The summed E-state index contributed by atoms with van der Waals surface area (Å²) < 4.78 is 28.0. The fourth-order valence-electron chi connectivity index (χ4n) is 1.07. The number of hydrogen-bond donors (Lipinski definition) is 3. The molecule has 0 spiro atoms. The Hall–Kier alpha value is -0.780. The summed E-state index contributed by atoms with van der Waals surface area (Å²) in [5.41, 5.74) is 0. The van der Waals surface area contributed by atoms with Crippen molar-refractivity contribution in [2.45, 2.75) is 22.7 Å². The van der Waals surface area contributed by atoms with Crippen LogP contribution in [0.3, 0.4) is 0 Å². The molecule has 1 aliphatic heterocycles. The van der Waals surface area contributed by atoms with Crippen LogP contribution < -0.4 is 0 Å². The molecule has 2 amide bonds. The molecule has 0 bridgehead atoms. The maximum Gasteiger partial charge on any atom is 0.336 e. The molecule has 0 aromatic rings. The first-order valence-corrected chi connectivity index (χ1v) is 6.86. The summed E-state index contributed by atoms with van der Waals surface area (Å²) in [7, 11) is -4.72. The lowest BCUT2D eigenvalue weighted by atomic mass is 10.4. The summed E-state index contributed by atoms with van der Waals surface area (Å²) in [6, 6.07) is 0. The molecule has 8 nitrogen and oxygen atoms in total. The first kappa shape index (κ1) is 15.3. The molecule has 18 heavy (non-hydrogen) atoms. The topological polar surface area (TPSA) is 118 Å². The van der Waals surface area contributed by atoms with E-state index < -0.39 is 37.7 Å². The molecule has 0 saturated carbocycles. The summed E-state index contributed by atoms with van der Waals surface area (Å²) in [6.45, 7) is 0. The highest BCUT2D eigenvalue weighted by Gasteiger charge is 2.41. The first-order valence-electron chi connectivity index (χ1n) is 4.53. The van der Waals surface area contributed by atoms with E-state index in [9.17, 15) is 22.8 Å². The molecule has 0 aliphatic carbocycles. The minimum atomic E-state index is -4.72. The van der Waals surface area contributed by atoms with Crippen LogP contribution in [0, 0.1) is 0 Å². The lowest BCUT2D eigenvalue weighted by Crippen LogP contribution is -2.36. The zero-order valence-electron chi connectivity index (χ0n) is 8.77. The van der Waals surface area contributed by atoms with Crippen molar-refractivity contribution in [3.63, 3.8) is 0 Å². The van der Waals surface area contributed by atoms with E-state index in [2.05, 4.69) is 30.1 Å². The highest BCUT2D eigenvalue weighted by atomic mass is 32.3. The van der Waals surface area contributed by atoms with Gasteiger partial charge in [0.1, 0.15) is 0 Å². The van der Waals surface area contributed by atoms with Crippen LogP contribution in [0.4, 0.5) is 0 Å². The van der Waals surface area contributed by atoms with Gasteiger partial charge in [-0.2, -0.15) is 8.42 Å². The van der Waals surface area contributed by atoms with Crippen LogP contribution in [0.25, 0.3) is 0 Å². The normalized spacial score (nSPS) is 17.2. The second-order valence-electron chi connectivity index (χ2n) is 3.44. The predicted molar refractivity (Wildman–Crippen MR) is 64.0 cm³/mol. The van der Waals surface area contributed by atoms with Crippen molar-refractivity contribution < 1.29 is 32.2 Å². The number of imide groups is 1. The van der Waals surface area contributed by atoms with E-state index in [0.29, 0.717) is 0 Å². The minimum absolute atomic E-state index is 0.0860. The van der Waals surface area contributed by atoms with Gasteiger partial charge in [-0.3, -0.25) is 14.1 Å². The van der Waals surface area contributed by atoms with Crippen LogP contribution in [0.15, 0.2) is 0 Å². The van der Waals surface area contributed by atoms with Gasteiger partial charge in [-0.15, -0.1) is 30.3 Å². The van der Waals surface area contributed by atoms with Crippen molar-refractivity contribution in [3.05, 3.63) is 0 Å². The zero-order chi connectivity index (χ0) is 14.1. The Bertz CT molecular complexity index is 481. The van der Waals surface area contributed by atoms with E-state index in [1.807, 2.05) is 0 Å². The van der Waals surface area contributed by atoms with Crippen LogP contribution >= 0.6 is 25.3 Å². The maximum atomic E-state index is 11.3. The Labute approximate surface area is 113 Å². The van der Waals surface area contributed by atoms with Gasteiger partial charge in [-0.25, -0.2) is 4.79 Å². The molecule has 1 fully saturated rings. The maximum absolute atomic E-state index is 11.3. The second-order valence-corrected chi connectivity index (χ2v) is 7.57. The van der Waals surface area contributed by atoms with Gasteiger partial charge in [0.25, 0.3) is 21.9 Å². The van der Waals surface area contributed by atoms with Crippen LogP contribution in [0.2, 0.25) is 0 Å². The monoisotopic (exact) mass is 315 g/mol. The van der Waals surface area contributed by atoms with Gasteiger partial charge in [-0.1, -0.05) is 0 Å². The largest absolute Gasteiger partial charge is 0.336 e. The van der Waals surface area contributed by atoms with Crippen LogP contribution in [0.1, 0.15) is 19.3 Å². The Morgan fingerprint density at radius 3 is 2.17 bits per heavy atom. The molecule has 102 valence electrons. The lowest BCUT2D eigenvalue weighted by molar-refractivity contribution is -0.197. The van der Waals surface area contributed by atoms with Gasteiger partial charge >= 0.3 is 5.97 Å². The van der Waals surface area contributed by atoms with Crippen LogP contribution in [0.5, 0.6) is 0 Å². The standard InChI is InChI=1S/C7H9NO7S3/c9-4-1-2-5(10)8(4)15-6(11)3-7(16,17)18(12,13)14/h16-17H,1-3H2,(H,12,13,14). The molecule has 1 aliphatic rings. The summed E-state index contributed by atoms with van der Waals surface area (Å²) >= 11 is 6.97. The predicted octanol–water partition coefficient (Wildman–Crippen LogP) is -0.615. The van der Waals surface area contributed by atoms with E-state index in [4.69, 9.17) is 4.55 Å². The molecule has 0 unspecified atom stereocenters. The molecular formula is C7H9NO7S3. The Morgan fingerprint density at radius 2 is 1.78 bits per heavy atom. The fourth-order valence-corrected chi connectivity index (χ4v) is 1.63. The molecule has 1 N–H and O–H groups in total. The van der Waals surface area contributed by atoms with Gasteiger partial charge in [0.2, 0.25) is 0 Å². The van der Waals surface area contributed by atoms with Gasteiger partial charge in [0, 0.05) is 12.8 Å². The zero-order valence-corrected chi connectivity index (χ0v) is 11.4. The third-order valence-corrected chi connectivity index (χ3v) is 4.66. The lowest BCUT2D eigenvalue weighted by Gasteiger charge is -2.19. The number of hydrogen-bond acceptors (Lipinski definition) is 8. The highest BCUT2D eigenvalue weighted by Crippen LogP contribution is 2.30. The number of hydroxylamine groups is 2. The molecule has 1 saturated heterocycles. The Morgan fingerprint density at radius 1 is 1.33 bits per heavy atom. The second kappa shape index (κ2) is 5.07. The van der Waals surface area contributed by atoms with Gasteiger partial charge in [0.05, 0.1) is 6.42 Å². The third kappa shape index (κ3) is 3.37. The van der Waals surface area contributed by atoms with Gasteiger partial charge < -0.3 is 4.84 Å². The van der Waals surface area contributed by atoms with Crippen molar-refractivity contribution in [2.24, 2.45) is 0 Å². The van der Waals surface area contributed by atoms with Crippen LogP contribution in [-0.4, -0.2) is 39.2 Å². The molecule has 1 heterocycles. The molecule has 0 aromatic carbocycles. The van der Waals surface area contributed by atoms with Crippen molar-refractivity contribution in [1.29, 1.82) is 0 Å². The molecule has 0 radical (unpaired) electrons. The van der Waals surface area contributed by atoms with Crippen molar-refractivity contribution in [3.8, 4) is 0 Å². The Kier molecular flexibility index (Phi) is 4.30. The Balaban J connectivity index is 2.68. The molecular weight excluding hydrogens is 306 g/mol. The number of carbonyl (C=O) groups is 3. The number of amides is 2. The SMILES string of the molecule is O=C(CC(S)(S)S(=O)(=O)O)ON1C(=O)CCC1=O. The average molecular weight is 315 g/mol. The fraction of sp³-hybridized carbons (Fsp3) is 0.571. The van der Waals surface area contributed by atoms with E-state index in [1.165, 1.54) is 0 Å². The van der Waals surface area contributed by atoms with Crippen molar-refractivity contribution in [1.82, 2.24) is 5.06 Å². The van der Waals surface area contributed by atoms with Gasteiger partial charge in [-0.05, 0) is 0 Å². The molecule has 0 aromatic heterocycles.